The molecule has 0 saturated heterocycles. The van der Waals surface area contributed by atoms with Crippen LogP contribution in [0.5, 0.6) is 0 Å². The lowest BCUT2D eigenvalue weighted by atomic mass is 10.2. The van der Waals surface area contributed by atoms with Gasteiger partial charge in [0.25, 0.3) is 0 Å². The minimum Gasteiger partial charge on any atom is -0.205 e. The Hall–Kier alpha value is -1.09. The molecule has 0 heterocycles. The van der Waals surface area contributed by atoms with Gasteiger partial charge in [-0.3, -0.25) is 0 Å². The van der Waals surface area contributed by atoms with E-state index in [1.807, 2.05) is 0 Å². The van der Waals surface area contributed by atoms with Crippen molar-refractivity contribution < 1.29 is 39.0 Å². The average Bonchev–Trinajstić information content (AvgIpc) is 2.26. The molecule has 19 heavy (non-hydrogen) atoms. The summed E-state index contributed by atoms with van der Waals surface area (Å²) in [6.45, 7) is 0. The third kappa shape index (κ3) is 3.69. The normalized spacial score (nSPS) is 13.4. The van der Waals surface area contributed by atoms with Crippen LogP contribution in [0.1, 0.15) is 5.56 Å². The minimum atomic E-state index is -5.22. The lowest BCUT2D eigenvalue weighted by Crippen LogP contribution is -2.15. The highest BCUT2D eigenvalue weighted by atomic mass is 32.2. The molecule has 1 aromatic rings. The quantitative estimate of drug-likeness (QED) is 0.630. The van der Waals surface area contributed by atoms with Crippen molar-refractivity contribution in [2.75, 3.05) is 7.11 Å². The Morgan fingerprint density at radius 3 is 2.32 bits per heavy atom. The molecule has 11 heteroatoms. The maximum absolute atomic E-state index is 13.3. The van der Waals surface area contributed by atoms with E-state index >= 15 is 0 Å². The van der Waals surface area contributed by atoms with E-state index in [1.54, 1.807) is 0 Å². The van der Waals surface area contributed by atoms with Crippen LogP contribution in [0, 0.1) is 5.82 Å². The molecular weight excluding hydrogens is 315 g/mol. The molecule has 0 aliphatic carbocycles. The lowest BCUT2D eigenvalue weighted by Gasteiger charge is -2.10. The number of rotatable bonds is 4. The molecule has 0 aliphatic heterocycles. The predicted molar refractivity (Wildman–Crippen MR) is 54.3 cm³/mol. The van der Waals surface area contributed by atoms with Crippen LogP contribution in [0.3, 0.4) is 0 Å². The SMILES string of the molecule is CO[P+](=O)OS(=O)(=O)c1c(F)cccc1C(F)(F)F. The molecule has 1 unspecified atom stereocenters. The zero-order valence-electron chi connectivity index (χ0n) is 9.14. The zero-order valence-corrected chi connectivity index (χ0v) is 10.9. The molecule has 0 N–H and O–H groups in total. The van der Waals surface area contributed by atoms with Gasteiger partial charge < -0.3 is 0 Å². The summed E-state index contributed by atoms with van der Waals surface area (Å²) in [7, 11) is -7.64. The first-order valence-electron chi connectivity index (χ1n) is 4.41. The van der Waals surface area contributed by atoms with Crippen molar-refractivity contribution in [3.8, 4) is 0 Å². The average molecular weight is 321 g/mol. The molecule has 0 aliphatic rings. The van der Waals surface area contributed by atoms with Crippen LogP contribution < -0.4 is 0 Å². The minimum absolute atomic E-state index is 0.360. The predicted octanol–water partition coefficient (Wildman–Crippen LogP) is 2.85. The van der Waals surface area contributed by atoms with Gasteiger partial charge in [0.05, 0.1) is 12.7 Å². The summed E-state index contributed by atoms with van der Waals surface area (Å²) in [5.74, 6) is -1.67. The van der Waals surface area contributed by atoms with Crippen molar-refractivity contribution in [2.24, 2.45) is 0 Å². The van der Waals surface area contributed by atoms with Crippen LogP contribution in [-0.4, -0.2) is 15.5 Å². The third-order valence-corrected chi connectivity index (χ3v) is 4.32. The number of alkyl halides is 3. The standard InChI is InChI=1S/C8H6F4O5PS/c1-16-18(13)17-19(14,15)7-5(8(10,11)12)3-2-4-6(7)9/h2-4H,1H3/q+1. The zero-order chi connectivity index (χ0) is 14.8. The molecule has 106 valence electrons. The van der Waals surface area contributed by atoms with Crippen LogP contribution in [0.25, 0.3) is 0 Å². The van der Waals surface area contributed by atoms with E-state index in [0.717, 1.165) is 7.11 Å². The van der Waals surface area contributed by atoms with E-state index < -0.39 is 40.8 Å². The highest BCUT2D eigenvalue weighted by Crippen LogP contribution is 2.38. The van der Waals surface area contributed by atoms with E-state index in [2.05, 4.69) is 8.49 Å². The van der Waals surface area contributed by atoms with Gasteiger partial charge >= 0.3 is 24.5 Å². The van der Waals surface area contributed by atoms with Crippen LogP contribution in [-0.2, 0) is 29.4 Å². The van der Waals surface area contributed by atoms with Gasteiger partial charge in [-0.15, -0.1) is 4.52 Å². The highest BCUT2D eigenvalue weighted by molar-refractivity contribution is 7.89. The Morgan fingerprint density at radius 1 is 1.26 bits per heavy atom. The number of halogens is 4. The topological polar surface area (TPSA) is 69.7 Å². The molecule has 0 spiro atoms. The fourth-order valence-corrected chi connectivity index (χ4v) is 3.08. The van der Waals surface area contributed by atoms with Crippen molar-refractivity contribution >= 4 is 18.4 Å². The molecule has 5 nitrogen and oxygen atoms in total. The van der Waals surface area contributed by atoms with Gasteiger partial charge in [0, 0.05) is 8.54 Å². The van der Waals surface area contributed by atoms with Gasteiger partial charge in [-0.1, -0.05) is 6.07 Å². The smallest absolute Gasteiger partial charge is 0.205 e. The summed E-state index contributed by atoms with van der Waals surface area (Å²) in [5, 5.41) is 0. The first-order chi connectivity index (χ1) is 8.59. The third-order valence-electron chi connectivity index (χ3n) is 1.83. The highest BCUT2D eigenvalue weighted by Gasteiger charge is 2.43. The second kappa shape index (κ2) is 5.49. The monoisotopic (exact) mass is 321 g/mol. The summed E-state index contributed by atoms with van der Waals surface area (Å²) < 4.78 is 92.6. The number of hydrogen-bond donors (Lipinski definition) is 0. The van der Waals surface area contributed by atoms with Crippen molar-refractivity contribution in [3.05, 3.63) is 29.6 Å². The molecule has 1 atom stereocenters. The summed E-state index contributed by atoms with van der Waals surface area (Å²) in [4.78, 5) is -1.73. The van der Waals surface area contributed by atoms with Crippen LogP contribution >= 0.6 is 8.25 Å². The van der Waals surface area contributed by atoms with E-state index in [-0.39, 0.29) is 0 Å². The molecule has 0 radical (unpaired) electrons. The Morgan fingerprint density at radius 2 is 1.84 bits per heavy atom. The first-order valence-corrected chi connectivity index (χ1v) is 6.91. The number of benzene rings is 1. The lowest BCUT2D eigenvalue weighted by molar-refractivity contribution is -0.140. The molecule has 1 aromatic carbocycles. The molecular formula is C8H6F4O5PS+. The summed E-state index contributed by atoms with van der Waals surface area (Å²) in [6, 6.07) is 1.55. The van der Waals surface area contributed by atoms with E-state index in [9.17, 15) is 30.5 Å². The van der Waals surface area contributed by atoms with Gasteiger partial charge in [-0.25, -0.2) is 4.39 Å². The van der Waals surface area contributed by atoms with Crippen molar-refractivity contribution in [1.82, 2.24) is 0 Å². The van der Waals surface area contributed by atoms with Gasteiger partial charge in [-0.05, 0) is 12.1 Å². The van der Waals surface area contributed by atoms with E-state index in [4.69, 9.17) is 0 Å². The molecule has 1 rings (SSSR count). The Kier molecular flexibility index (Phi) is 4.62. The second-order valence-electron chi connectivity index (χ2n) is 3.05. The Bertz CT molecular complexity index is 598. The summed E-state index contributed by atoms with van der Waals surface area (Å²) >= 11 is 0. The fraction of sp³-hybridized carbons (Fsp3) is 0.250. The molecule has 0 bridgehead atoms. The first kappa shape index (κ1) is 16.0. The van der Waals surface area contributed by atoms with E-state index in [1.165, 1.54) is 0 Å². The summed E-state index contributed by atoms with van der Waals surface area (Å²) in [5.41, 5.74) is -1.76. The fourth-order valence-electron chi connectivity index (χ4n) is 1.13. The van der Waals surface area contributed by atoms with Crippen molar-refractivity contribution in [3.63, 3.8) is 0 Å². The largest absolute Gasteiger partial charge is 0.714 e. The maximum atomic E-state index is 13.3. The van der Waals surface area contributed by atoms with Gasteiger partial charge in [0.1, 0.15) is 10.7 Å². The van der Waals surface area contributed by atoms with Gasteiger partial charge in [0.2, 0.25) is 0 Å². The van der Waals surface area contributed by atoms with Gasteiger partial charge in [-0.2, -0.15) is 21.6 Å². The second-order valence-corrected chi connectivity index (χ2v) is 5.77. The molecule has 0 amide bonds. The molecule has 0 fully saturated rings. The molecule has 0 aromatic heterocycles. The van der Waals surface area contributed by atoms with Crippen molar-refractivity contribution in [1.29, 1.82) is 0 Å². The van der Waals surface area contributed by atoms with Gasteiger partial charge in [0.15, 0.2) is 0 Å². The maximum Gasteiger partial charge on any atom is 0.714 e. The van der Waals surface area contributed by atoms with E-state index in [0.29, 0.717) is 18.2 Å². The Labute approximate surface area is 106 Å². The van der Waals surface area contributed by atoms with Crippen LogP contribution in [0.4, 0.5) is 17.6 Å². The summed E-state index contributed by atoms with van der Waals surface area (Å²) in [6.07, 6.45) is -5.12. The number of hydrogen-bond acceptors (Lipinski definition) is 5. The Balaban J connectivity index is 3.46. The van der Waals surface area contributed by atoms with Crippen molar-refractivity contribution in [2.45, 2.75) is 11.1 Å². The van der Waals surface area contributed by atoms with Crippen LogP contribution in [0.15, 0.2) is 23.1 Å². The van der Waals surface area contributed by atoms with Crippen LogP contribution in [0.2, 0.25) is 0 Å². The molecule has 0 saturated carbocycles.